The van der Waals surface area contributed by atoms with Crippen LogP contribution in [0.5, 0.6) is 5.75 Å². The van der Waals surface area contributed by atoms with Crippen molar-refractivity contribution in [2.24, 2.45) is 0 Å². The molecule has 3 nitrogen and oxygen atoms in total. The number of methoxy groups -OCH3 is 1. The number of hydrogen-bond acceptors (Lipinski definition) is 3. The third-order valence-electron chi connectivity index (χ3n) is 4.03. The van der Waals surface area contributed by atoms with Gasteiger partial charge >= 0.3 is 0 Å². The molecule has 0 amide bonds. The van der Waals surface area contributed by atoms with Crippen LogP contribution in [0, 0.1) is 13.8 Å². The molecule has 2 N–H and O–H groups in total. The van der Waals surface area contributed by atoms with E-state index in [1.807, 2.05) is 26.0 Å². The normalized spacial score (nSPS) is 15.8. The van der Waals surface area contributed by atoms with E-state index >= 15 is 0 Å². The van der Waals surface area contributed by atoms with Gasteiger partial charge in [0.1, 0.15) is 5.75 Å². The first kappa shape index (κ1) is 17.0. The van der Waals surface area contributed by atoms with Crippen molar-refractivity contribution < 1.29 is 9.84 Å². The number of rotatable bonds is 7. The van der Waals surface area contributed by atoms with Crippen molar-refractivity contribution in [3.8, 4) is 5.75 Å². The van der Waals surface area contributed by atoms with Crippen molar-refractivity contribution in [3.63, 3.8) is 0 Å². The topological polar surface area (TPSA) is 41.5 Å². The van der Waals surface area contributed by atoms with Crippen LogP contribution in [-0.2, 0) is 0 Å². The number of nitrogens with one attached hydrogen (secondary N) is 1. The average Bonchev–Trinajstić information content (AvgIpc) is 2.43. The molecular weight excluding hydrogens is 250 g/mol. The van der Waals surface area contributed by atoms with Crippen LogP contribution in [0.4, 0.5) is 0 Å². The third-order valence-corrected chi connectivity index (χ3v) is 4.03. The van der Waals surface area contributed by atoms with Gasteiger partial charge in [-0.25, -0.2) is 0 Å². The summed E-state index contributed by atoms with van der Waals surface area (Å²) in [7, 11) is 1.67. The monoisotopic (exact) mass is 279 g/mol. The molecule has 0 radical (unpaired) electrons. The summed E-state index contributed by atoms with van der Waals surface area (Å²) in [6, 6.07) is 4.47. The summed E-state index contributed by atoms with van der Waals surface area (Å²) >= 11 is 0. The molecule has 3 unspecified atom stereocenters. The second-order valence-corrected chi connectivity index (χ2v) is 5.61. The Morgan fingerprint density at radius 1 is 1.15 bits per heavy atom. The molecule has 0 fully saturated rings. The van der Waals surface area contributed by atoms with Gasteiger partial charge in [0.15, 0.2) is 0 Å². The van der Waals surface area contributed by atoms with E-state index in [4.69, 9.17) is 4.74 Å². The summed E-state index contributed by atoms with van der Waals surface area (Å²) in [5.74, 6) is 0.846. The quantitative estimate of drug-likeness (QED) is 0.802. The van der Waals surface area contributed by atoms with Gasteiger partial charge in [0, 0.05) is 12.1 Å². The molecular formula is C17H29NO2. The third kappa shape index (κ3) is 3.97. The van der Waals surface area contributed by atoms with Crippen molar-refractivity contribution in [2.75, 3.05) is 7.11 Å². The van der Waals surface area contributed by atoms with E-state index in [1.54, 1.807) is 7.11 Å². The van der Waals surface area contributed by atoms with Crippen LogP contribution in [0.3, 0.4) is 0 Å². The van der Waals surface area contributed by atoms with Crippen LogP contribution in [0.15, 0.2) is 12.1 Å². The number of aliphatic hydroxyl groups is 1. The first-order valence-electron chi connectivity index (χ1n) is 7.53. The highest BCUT2D eigenvalue weighted by molar-refractivity contribution is 5.42. The first-order valence-corrected chi connectivity index (χ1v) is 7.53. The molecule has 0 aliphatic rings. The zero-order valence-electron chi connectivity index (χ0n) is 13.7. The predicted molar refractivity (Wildman–Crippen MR) is 84.4 cm³/mol. The molecule has 0 saturated carbocycles. The number of aryl methyl sites for hydroxylation is 2. The second-order valence-electron chi connectivity index (χ2n) is 5.61. The average molecular weight is 279 g/mol. The minimum atomic E-state index is -0.486. The van der Waals surface area contributed by atoms with Gasteiger partial charge in [-0.3, -0.25) is 0 Å². The van der Waals surface area contributed by atoms with Gasteiger partial charge in [-0.15, -0.1) is 0 Å². The fraction of sp³-hybridized carbons (Fsp3) is 0.647. The van der Waals surface area contributed by atoms with Gasteiger partial charge in [0.25, 0.3) is 0 Å². The number of aliphatic hydroxyl groups excluding tert-OH is 1. The van der Waals surface area contributed by atoms with Crippen LogP contribution in [0.1, 0.15) is 56.4 Å². The standard InChI is InChI=1S/C17H29NO2/c1-7-13(5)18-15(8-2)17(19)16-11(3)9-14(20-6)10-12(16)4/h9-10,13,15,17-19H,7-8H2,1-6H3. The van der Waals surface area contributed by atoms with Gasteiger partial charge in [-0.2, -0.15) is 0 Å². The highest BCUT2D eigenvalue weighted by atomic mass is 16.5. The summed E-state index contributed by atoms with van der Waals surface area (Å²) in [4.78, 5) is 0. The van der Waals surface area contributed by atoms with Crippen LogP contribution in [0.2, 0.25) is 0 Å². The van der Waals surface area contributed by atoms with Crippen LogP contribution in [0.25, 0.3) is 0 Å². The smallest absolute Gasteiger partial charge is 0.119 e. The van der Waals surface area contributed by atoms with E-state index in [0.717, 1.165) is 35.3 Å². The zero-order chi connectivity index (χ0) is 15.3. The van der Waals surface area contributed by atoms with Crippen molar-refractivity contribution >= 4 is 0 Å². The van der Waals surface area contributed by atoms with Crippen LogP contribution in [-0.4, -0.2) is 24.3 Å². The number of hydrogen-bond donors (Lipinski definition) is 2. The Hall–Kier alpha value is -1.06. The fourth-order valence-corrected chi connectivity index (χ4v) is 2.64. The molecule has 1 aromatic carbocycles. The summed E-state index contributed by atoms with van der Waals surface area (Å²) in [5.41, 5.74) is 3.19. The molecule has 0 spiro atoms. The van der Waals surface area contributed by atoms with E-state index in [9.17, 15) is 5.11 Å². The van der Waals surface area contributed by atoms with E-state index < -0.39 is 6.10 Å². The maximum absolute atomic E-state index is 10.7. The molecule has 0 heterocycles. The van der Waals surface area contributed by atoms with Gasteiger partial charge in [-0.05, 0) is 62.4 Å². The van der Waals surface area contributed by atoms with E-state index in [2.05, 4.69) is 26.1 Å². The molecule has 1 rings (SSSR count). The lowest BCUT2D eigenvalue weighted by molar-refractivity contribution is 0.118. The summed E-state index contributed by atoms with van der Waals surface area (Å²) in [5, 5.41) is 14.3. The molecule has 0 aliphatic carbocycles. The maximum atomic E-state index is 10.7. The maximum Gasteiger partial charge on any atom is 0.119 e. The molecule has 0 saturated heterocycles. The molecule has 1 aromatic rings. The largest absolute Gasteiger partial charge is 0.497 e. The molecule has 3 heteroatoms. The Kier molecular flexibility index (Phi) is 6.50. The lowest BCUT2D eigenvalue weighted by Crippen LogP contribution is -2.40. The highest BCUT2D eigenvalue weighted by Gasteiger charge is 2.23. The predicted octanol–water partition coefficient (Wildman–Crippen LogP) is 3.51. The number of ether oxygens (including phenoxy) is 1. The minimum absolute atomic E-state index is 0.0794. The fourth-order valence-electron chi connectivity index (χ4n) is 2.64. The van der Waals surface area contributed by atoms with Crippen LogP contribution < -0.4 is 10.1 Å². The lowest BCUT2D eigenvalue weighted by atomic mass is 9.91. The van der Waals surface area contributed by atoms with Crippen molar-refractivity contribution in [1.29, 1.82) is 0 Å². The molecule has 0 aromatic heterocycles. The van der Waals surface area contributed by atoms with Crippen molar-refractivity contribution in [1.82, 2.24) is 5.32 Å². The Labute approximate surface area is 123 Å². The van der Waals surface area contributed by atoms with Crippen LogP contribution >= 0.6 is 0 Å². The highest BCUT2D eigenvalue weighted by Crippen LogP contribution is 2.29. The Bertz CT molecular complexity index is 408. The molecule has 114 valence electrons. The molecule has 0 bridgehead atoms. The minimum Gasteiger partial charge on any atom is -0.497 e. The Morgan fingerprint density at radius 2 is 1.70 bits per heavy atom. The molecule has 0 aliphatic heterocycles. The van der Waals surface area contributed by atoms with Gasteiger partial charge in [-0.1, -0.05) is 13.8 Å². The van der Waals surface area contributed by atoms with E-state index in [1.165, 1.54) is 0 Å². The van der Waals surface area contributed by atoms with E-state index in [0.29, 0.717) is 6.04 Å². The zero-order valence-corrected chi connectivity index (χ0v) is 13.7. The summed E-state index contributed by atoms with van der Waals surface area (Å²) in [6.07, 6.45) is 1.47. The SMILES string of the molecule is CCC(C)NC(CC)C(O)c1c(C)cc(OC)cc1C. The van der Waals surface area contributed by atoms with Crippen molar-refractivity contribution in [3.05, 3.63) is 28.8 Å². The van der Waals surface area contributed by atoms with Crippen molar-refractivity contribution in [2.45, 2.75) is 65.6 Å². The number of benzene rings is 1. The second kappa shape index (κ2) is 7.65. The van der Waals surface area contributed by atoms with E-state index in [-0.39, 0.29) is 6.04 Å². The lowest BCUT2D eigenvalue weighted by Gasteiger charge is -2.28. The molecule has 20 heavy (non-hydrogen) atoms. The summed E-state index contributed by atoms with van der Waals surface area (Å²) in [6.45, 7) is 10.5. The molecule has 3 atom stereocenters. The van der Waals surface area contributed by atoms with Gasteiger partial charge < -0.3 is 15.2 Å². The van der Waals surface area contributed by atoms with Gasteiger partial charge in [0.2, 0.25) is 0 Å². The summed E-state index contributed by atoms with van der Waals surface area (Å²) < 4.78 is 5.28. The Balaban J connectivity index is 3.03. The van der Waals surface area contributed by atoms with Gasteiger partial charge in [0.05, 0.1) is 13.2 Å². The Morgan fingerprint density at radius 3 is 2.10 bits per heavy atom. The first-order chi connectivity index (χ1) is 9.44.